The van der Waals surface area contributed by atoms with Crippen LogP contribution in [0.5, 0.6) is 0 Å². The molecule has 3 heteroatoms. The Bertz CT molecular complexity index is 355. The molecule has 0 heterocycles. The van der Waals surface area contributed by atoms with E-state index in [4.69, 9.17) is 6.42 Å². The van der Waals surface area contributed by atoms with Crippen LogP contribution in [0.1, 0.15) is 5.56 Å². The summed E-state index contributed by atoms with van der Waals surface area (Å²) in [6.45, 7) is 0. The van der Waals surface area contributed by atoms with Gasteiger partial charge in [0.15, 0.2) is 11.6 Å². The first kappa shape index (κ1) is 10.7. The third-order valence-electron chi connectivity index (χ3n) is 1.97. The smallest absolute Gasteiger partial charge is 0.159 e. The molecule has 0 fully saturated rings. The highest BCUT2D eigenvalue weighted by atomic mass is 19.2. The maximum atomic E-state index is 12.8. The Morgan fingerprint density at radius 2 is 2.14 bits per heavy atom. The second-order valence-electron chi connectivity index (χ2n) is 2.96. The lowest BCUT2D eigenvalue weighted by molar-refractivity contribution is 0.506. The predicted octanol–water partition coefficient (Wildman–Crippen LogP) is 1.73. The third-order valence-corrected chi connectivity index (χ3v) is 1.97. The van der Waals surface area contributed by atoms with E-state index in [0.717, 1.165) is 12.1 Å². The topological polar surface area (TPSA) is 12.0 Å². The zero-order valence-electron chi connectivity index (χ0n) is 7.85. The first-order chi connectivity index (χ1) is 6.67. The summed E-state index contributed by atoms with van der Waals surface area (Å²) in [5, 5.41) is 2.88. The van der Waals surface area contributed by atoms with Gasteiger partial charge in [0, 0.05) is 0 Å². The van der Waals surface area contributed by atoms with Gasteiger partial charge in [0.2, 0.25) is 0 Å². The number of terminal acetylenes is 1. The molecule has 0 saturated heterocycles. The minimum absolute atomic E-state index is 0.153. The van der Waals surface area contributed by atoms with E-state index in [1.807, 2.05) is 0 Å². The van der Waals surface area contributed by atoms with Crippen molar-refractivity contribution in [2.45, 2.75) is 12.5 Å². The van der Waals surface area contributed by atoms with Gasteiger partial charge in [-0.05, 0) is 31.2 Å². The van der Waals surface area contributed by atoms with Crippen molar-refractivity contribution >= 4 is 0 Å². The van der Waals surface area contributed by atoms with Gasteiger partial charge in [-0.3, -0.25) is 0 Å². The molecule has 1 unspecified atom stereocenters. The minimum Gasteiger partial charge on any atom is -0.306 e. The fourth-order valence-electron chi connectivity index (χ4n) is 1.15. The molecular weight excluding hydrogens is 184 g/mol. The van der Waals surface area contributed by atoms with Crippen molar-refractivity contribution in [2.24, 2.45) is 0 Å². The van der Waals surface area contributed by atoms with Crippen molar-refractivity contribution in [2.75, 3.05) is 7.05 Å². The first-order valence-electron chi connectivity index (χ1n) is 4.24. The van der Waals surface area contributed by atoms with E-state index in [1.165, 1.54) is 6.07 Å². The second kappa shape index (κ2) is 4.73. The van der Waals surface area contributed by atoms with Gasteiger partial charge in [-0.15, -0.1) is 6.42 Å². The lowest BCUT2D eigenvalue weighted by Gasteiger charge is -2.08. The fraction of sp³-hybridized carbons (Fsp3) is 0.273. The molecule has 14 heavy (non-hydrogen) atoms. The van der Waals surface area contributed by atoms with Crippen LogP contribution in [0.3, 0.4) is 0 Å². The van der Waals surface area contributed by atoms with E-state index >= 15 is 0 Å². The Hall–Kier alpha value is -1.40. The maximum absolute atomic E-state index is 12.8. The zero-order chi connectivity index (χ0) is 10.6. The van der Waals surface area contributed by atoms with Crippen molar-refractivity contribution in [3.05, 3.63) is 35.4 Å². The molecular formula is C11H11F2N. The van der Waals surface area contributed by atoms with Gasteiger partial charge in [0.25, 0.3) is 0 Å². The molecule has 0 aromatic heterocycles. The van der Waals surface area contributed by atoms with E-state index in [1.54, 1.807) is 7.05 Å². The van der Waals surface area contributed by atoms with Crippen molar-refractivity contribution < 1.29 is 8.78 Å². The van der Waals surface area contributed by atoms with Crippen LogP contribution in [0.2, 0.25) is 0 Å². The third kappa shape index (κ3) is 2.54. The average molecular weight is 195 g/mol. The molecule has 1 N–H and O–H groups in total. The van der Waals surface area contributed by atoms with E-state index in [0.29, 0.717) is 12.0 Å². The second-order valence-corrected chi connectivity index (χ2v) is 2.96. The highest BCUT2D eigenvalue weighted by Crippen LogP contribution is 2.10. The summed E-state index contributed by atoms with van der Waals surface area (Å²) in [5.41, 5.74) is 0.682. The number of rotatable bonds is 3. The summed E-state index contributed by atoms with van der Waals surface area (Å²) in [6.07, 6.45) is 5.71. The van der Waals surface area contributed by atoms with E-state index in [9.17, 15) is 8.78 Å². The molecule has 0 aliphatic heterocycles. The lowest BCUT2D eigenvalue weighted by atomic mass is 10.1. The van der Waals surface area contributed by atoms with Crippen LogP contribution in [-0.4, -0.2) is 13.1 Å². The Morgan fingerprint density at radius 1 is 1.43 bits per heavy atom. The molecule has 1 nitrogen and oxygen atoms in total. The minimum atomic E-state index is -0.839. The lowest BCUT2D eigenvalue weighted by Crippen LogP contribution is -2.25. The molecule has 1 aromatic carbocycles. The Labute approximate surface area is 82.1 Å². The molecule has 0 bridgehead atoms. The SMILES string of the molecule is C#CC(Cc1ccc(F)c(F)c1)NC. The normalized spacial score (nSPS) is 12.1. The number of halogens is 2. The summed E-state index contributed by atoms with van der Waals surface area (Å²) in [4.78, 5) is 0. The van der Waals surface area contributed by atoms with Crippen molar-refractivity contribution in [3.63, 3.8) is 0 Å². The monoisotopic (exact) mass is 195 g/mol. The summed E-state index contributed by atoms with van der Waals surface area (Å²) in [6, 6.07) is 3.64. The zero-order valence-corrected chi connectivity index (χ0v) is 7.85. The molecule has 0 spiro atoms. The van der Waals surface area contributed by atoms with Crippen molar-refractivity contribution in [3.8, 4) is 12.3 Å². The molecule has 74 valence electrons. The summed E-state index contributed by atoms with van der Waals surface area (Å²) >= 11 is 0. The highest BCUT2D eigenvalue weighted by Gasteiger charge is 2.06. The van der Waals surface area contributed by atoms with E-state index in [2.05, 4.69) is 11.2 Å². The largest absolute Gasteiger partial charge is 0.306 e. The molecule has 1 rings (SSSR count). The van der Waals surface area contributed by atoms with Crippen LogP contribution >= 0.6 is 0 Å². The van der Waals surface area contributed by atoms with Crippen molar-refractivity contribution in [1.82, 2.24) is 5.32 Å². The van der Waals surface area contributed by atoms with Crippen LogP contribution in [0.25, 0.3) is 0 Å². The number of likely N-dealkylation sites (N-methyl/N-ethyl adjacent to an activating group) is 1. The average Bonchev–Trinajstić information content (AvgIpc) is 2.19. The van der Waals surface area contributed by atoms with Gasteiger partial charge in [0.1, 0.15) is 0 Å². The van der Waals surface area contributed by atoms with Crippen molar-refractivity contribution in [1.29, 1.82) is 0 Å². The quantitative estimate of drug-likeness (QED) is 0.724. The first-order valence-corrected chi connectivity index (χ1v) is 4.24. The molecule has 0 aliphatic carbocycles. The molecule has 0 radical (unpaired) electrons. The summed E-state index contributed by atoms with van der Waals surface area (Å²) in [7, 11) is 1.73. The van der Waals surface area contributed by atoms with Gasteiger partial charge >= 0.3 is 0 Å². The molecule has 1 atom stereocenters. The van der Waals surface area contributed by atoms with Crippen LogP contribution in [-0.2, 0) is 6.42 Å². The van der Waals surface area contributed by atoms with Crippen LogP contribution in [0.15, 0.2) is 18.2 Å². The number of hydrogen-bond donors (Lipinski definition) is 1. The maximum Gasteiger partial charge on any atom is 0.159 e. The molecule has 1 aromatic rings. The van der Waals surface area contributed by atoms with Gasteiger partial charge < -0.3 is 5.32 Å². The molecule has 0 amide bonds. The number of hydrogen-bond acceptors (Lipinski definition) is 1. The van der Waals surface area contributed by atoms with Gasteiger partial charge in [-0.2, -0.15) is 0 Å². The van der Waals surface area contributed by atoms with Crippen LogP contribution in [0, 0.1) is 24.0 Å². The molecule has 0 saturated carbocycles. The Balaban J connectivity index is 2.78. The Kier molecular flexibility index (Phi) is 3.61. The Morgan fingerprint density at radius 3 is 2.64 bits per heavy atom. The number of nitrogens with one attached hydrogen (secondary N) is 1. The standard InChI is InChI=1S/C11H11F2N/c1-3-9(14-2)6-8-4-5-10(12)11(13)7-8/h1,4-5,7,9,14H,6H2,2H3. The number of benzene rings is 1. The van der Waals surface area contributed by atoms with Crippen LogP contribution < -0.4 is 5.32 Å². The predicted molar refractivity (Wildman–Crippen MR) is 51.7 cm³/mol. The molecule has 0 aliphatic rings. The fourth-order valence-corrected chi connectivity index (χ4v) is 1.15. The van der Waals surface area contributed by atoms with Crippen LogP contribution in [0.4, 0.5) is 8.78 Å². The van der Waals surface area contributed by atoms with Gasteiger partial charge in [-0.1, -0.05) is 12.0 Å². The van der Waals surface area contributed by atoms with Gasteiger partial charge in [-0.25, -0.2) is 8.78 Å². The highest BCUT2D eigenvalue weighted by molar-refractivity contribution is 5.20. The van der Waals surface area contributed by atoms with Gasteiger partial charge in [0.05, 0.1) is 6.04 Å². The summed E-state index contributed by atoms with van der Waals surface area (Å²) in [5.74, 6) is 0.831. The summed E-state index contributed by atoms with van der Waals surface area (Å²) < 4.78 is 25.4. The van der Waals surface area contributed by atoms with E-state index < -0.39 is 11.6 Å². The van der Waals surface area contributed by atoms with E-state index in [-0.39, 0.29) is 6.04 Å².